The molecule has 2 N–H and O–H groups in total. The average Bonchev–Trinajstić information content (AvgIpc) is 1.99. The van der Waals surface area contributed by atoms with Gasteiger partial charge in [-0.25, -0.2) is 4.98 Å². The lowest BCUT2D eigenvalue weighted by molar-refractivity contribution is 0.782. The van der Waals surface area contributed by atoms with Crippen molar-refractivity contribution >= 4 is 11.8 Å². The third-order valence-corrected chi connectivity index (χ3v) is 3.05. The van der Waals surface area contributed by atoms with Gasteiger partial charge in [0.25, 0.3) is 0 Å². The number of rotatable bonds is 2. The van der Waals surface area contributed by atoms with Crippen molar-refractivity contribution in [2.45, 2.75) is 50.4 Å². The molecule has 0 saturated heterocycles. The summed E-state index contributed by atoms with van der Waals surface area (Å²) in [6.07, 6.45) is 0. The van der Waals surface area contributed by atoms with Crippen LogP contribution in [-0.2, 0) is 0 Å². The second-order valence-corrected chi connectivity index (χ2v) is 6.67. The van der Waals surface area contributed by atoms with Gasteiger partial charge in [-0.3, -0.25) is 0 Å². The molecule has 3 heteroatoms. The largest absolute Gasteiger partial charge is 0.324 e. The number of thioether (sulfide) groups is 1. The molecule has 0 saturated carbocycles. The summed E-state index contributed by atoms with van der Waals surface area (Å²) in [7, 11) is 0. The fourth-order valence-corrected chi connectivity index (χ4v) is 2.35. The zero-order valence-electron chi connectivity index (χ0n) is 10.2. The number of hydrogen-bond acceptors (Lipinski definition) is 3. The Morgan fingerprint density at radius 3 is 2.33 bits per heavy atom. The molecule has 0 bridgehead atoms. The zero-order chi connectivity index (χ0) is 11.6. The average molecular weight is 224 g/mol. The first-order valence-corrected chi connectivity index (χ1v) is 6.03. The van der Waals surface area contributed by atoms with Crippen LogP contribution in [0.5, 0.6) is 0 Å². The van der Waals surface area contributed by atoms with E-state index >= 15 is 0 Å². The summed E-state index contributed by atoms with van der Waals surface area (Å²) >= 11 is 1.78. The fraction of sp³-hybridized carbons (Fsp3) is 0.583. The van der Waals surface area contributed by atoms with E-state index in [0.717, 1.165) is 16.3 Å². The standard InChI is InChI=1S/C12H20N2S/c1-8(13)10-6-7-11(14-9(10)2)15-12(3,4)5/h6-8H,13H2,1-5H3/t8-/m0/s1. The molecule has 0 aliphatic heterocycles. The molecule has 1 aromatic rings. The van der Waals surface area contributed by atoms with Crippen molar-refractivity contribution in [2.24, 2.45) is 5.73 Å². The van der Waals surface area contributed by atoms with Gasteiger partial charge in [0.15, 0.2) is 0 Å². The highest BCUT2D eigenvalue weighted by Crippen LogP contribution is 2.31. The summed E-state index contributed by atoms with van der Waals surface area (Å²) < 4.78 is 0.204. The molecule has 0 unspecified atom stereocenters. The second-order valence-electron chi connectivity index (χ2n) is 4.83. The molecule has 0 aliphatic carbocycles. The molecule has 0 aliphatic rings. The van der Waals surface area contributed by atoms with Gasteiger partial charge in [-0.05, 0) is 25.5 Å². The van der Waals surface area contributed by atoms with E-state index in [2.05, 4.69) is 37.9 Å². The smallest absolute Gasteiger partial charge is 0.0968 e. The molecule has 0 fully saturated rings. The van der Waals surface area contributed by atoms with Crippen LogP contribution in [0.1, 0.15) is 45.0 Å². The van der Waals surface area contributed by atoms with Crippen LogP contribution in [0.15, 0.2) is 17.2 Å². The van der Waals surface area contributed by atoms with Gasteiger partial charge >= 0.3 is 0 Å². The molecule has 1 aromatic heterocycles. The SMILES string of the molecule is Cc1nc(SC(C)(C)C)ccc1[C@H](C)N. The van der Waals surface area contributed by atoms with Crippen molar-refractivity contribution < 1.29 is 0 Å². The number of nitrogens with two attached hydrogens (primary N) is 1. The van der Waals surface area contributed by atoms with Gasteiger partial charge in [0.2, 0.25) is 0 Å². The molecule has 1 rings (SSSR count). The molecule has 15 heavy (non-hydrogen) atoms. The topological polar surface area (TPSA) is 38.9 Å². The predicted molar refractivity (Wildman–Crippen MR) is 67.2 cm³/mol. The monoisotopic (exact) mass is 224 g/mol. The Morgan fingerprint density at radius 1 is 1.33 bits per heavy atom. The number of hydrogen-bond donors (Lipinski definition) is 1. The summed E-state index contributed by atoms with van der Waals surface area (Å²) in [5, 5.41) is 1.07. The van der Waals surface area contributed by atoms with E-state index in [9.17, 15) is 0 Å². The Labute approximate surface area is 96.7 Å². The number of aromatic nitrogens is 1. The Morgan fingerprint density at radius 2 is 1.93 bits per heavy atom. The predicted octanol–water partition coefficient (Wildman–Crippen LogP) is 3.30. The molecule has 0 radical (unpaired) electrons. The van der Waals surface area contributed by atoms with E-state index in [1.807, 2.05) is 13.8 Å². The Balaban J connectivity index is 2.92. The molecule has 2 nitrogen and oxygen atoms in total. The van der Waals surface area contributed by atoms with Crippen molar-refractivity contribution in [3.8, 4) is 0 Å². The number of aryl methyl sites for hydroxylation is 1. The molecule has 1 heterocycles. The van der Waals surface area contributed by atoms with Gasteiger partial charge < -0.3 is 5.73 Å². The Hall–Kier alpha value is -0.540. The maximum absolute atomic E-state index is 5.85. The van der Waals surface area contributed by atoms with Gasteiger partial charge in [-0.2, -0.15) is 0 Å². The van der Waals surface area contributed by atoms with Crippen LogP contribution in [0, 0.1) is 6.92 Å². The highest BCUT2D eigenvalue weighted by Gasteiger charge is 2.14. The van der Waals surface area contributed by atoms with E-state index in [0.29, 0.717) is 0 Å². The highest BCUT2D eigenvalue weighted by molar-refractivity contribution is 8.00. The van der Waals surface area contributed by atoms with Crippen LogP contribution in [0.2, 0.25) is 0 Å². The summed E-state index contributed by atoms with van der Waals surface area (Å²) in [5.41, 5.74) is 8.02. The molecule has 1 atom stereocenters. The fourth-order valence-electron chi connectivity index (χ4n) is 1.40. The van der Waals surface area contributed by atoms with E-state index in [-0.39, 0.29) is 10.8 Å². The highest BCUT2D eigenvalue weighted by atomic mass is 32.2. The summed E-state index contributed by atoms with van der Waals surface area (Å²) in [6, 6.07) is 4.20. The first-order valence-electron chi connectivity index (χ1n) is 5.22. The minimum Gasteiger partial charge on any atom is -0.324 e. The first kappa shape index (κ1) is 12.5. The van der Waals surface area contributed by atoms with Crippen LogP contribution in [0.25, 0.3) is 0 Å². The van der Waals surface area contributed by atoms with Crippen LogP contribution in [0.3, 0.4) is 0 Å². The molecule has 0 spiro atoms. The molecule has 0 amide bonds. The molecular weight excluding hydrogens is 204 g/mol. The lowest BCUT2D eigenvalue weighted by Crippen LogP contribution is -2.10. The van der Waals surface area contributed by atoms with Gasteiger partial charge in [0.1, 0.15) is 0 Å². The van der Waals surface area contributed by atoms with Crippen molar-refractivity contribution in [3.05, 3.63) is 23.4 Å². The summed E-state index contributed by atoms with van der Waals surface area (Å²) in [6.45, 7) is 10.6. The minimum absolute atomic E-state index is 0.0613. The maximum Gasteiger partial charge on any atom is 0.0968 e. The number of nitrogens with zero attached hydrogens (tertiary/aromatic N) is 1. The van der Waals surface area contributed by atoms with E-state index in [1.54, 1.807) is 11.8 Å². The van der Waals surface area contributed by atoms with Crippen LogP contribution < -0.4 is 5.73 Å². The minimum atomic E-state index is 0.0613. The van der Waals surface area contributed by atoms with Crippen molar-refractivity contribution in [1.29, 1.82) is 0 Å². The lowest BCUT2D eigenvalue weighted by Gasteiger charge is -2.18. The Bertz CT molecular complexity index is 340. The van der Waals surface area contributed by atoms with Gasteiger partial charge in [0.05, 0.1) is 5.03 Å². The van der Waals surface area contributed by atoms with E-state index in [4.69, 9.17) is 5.73 Å². The summed E-state index contributed by atoms with van der Waals surface area (Å²) in [5.74, 6) is 0. The van der Waals surface area contributed by atoms with Crippen LogP contribution in [0.4, 0.5) is 0 Å². The van der Waals surface area contributed by atoms with E-state index in [1.165, 1.54) is 0 Å². The van der Waals surface area contributed by atoms with Gasteiger partial charge in [-0.15, -0.1) is 11.8 Å². The van der Waals surface area contributed by atoms with Gasteiger partial charge in [0, 0.05) is 16.5 Å². The molecular formula is C12H20N2S. The van der Waals surface area contributed by atoms with Gasteiger partial charge in [-0.1, -0.05) is 26.8 Å². The van der Waals surface area contributed by atoms with Crippen molar-refractivity contribution in [3.63, 3.8) is 0 Å². The van der Waals surface area contributed by atoms with Crippen LogP contribution in [-0.4, -0.2) is 9.73 Å². The zero-order valence-corrected chi connectivity index (χ0v) is 11.0. The third-order valence-electron chi connectivity index (χ3n) is 2.00. The quantitative estimate of drug-likeness (QED) is 0.783. The molecule has 84 valence electrons. The Kier molecular flexibility index (Phi) is 3.79. The van der Waals surface area contributed by atoms with Crippen LogP contribution >= 0.6 is 11.8 Å². The molecule has 0 aromatic carbocycles. The normalized spacial score (nSPS) is 14.0. The summed E-state index contributed by atoms with van der Waals surface area (Å²) in [4.78, 5) is 4.56. The van der Waals surface area contributed by atoms with Crippen molar-refractivity contribution in [2.75, 3.05) is 0 Å². The maximum atomic E-state index is 5.85. The second kappa shape index (κ2) is 4.54. The lowest BCUT2D eigenvalue weighted by atomic mass is 10.1. The number of pyridine rings is 1. The third kappa shape index (κ3) is 3.84. The van der Waals surface area contributed by atoms with E-state index < -0.39 is 0 Å². The first-order chi connectivity index (χ1) is 6.79. The van der Waals surface area contributed by atoms with Crippen molar-refractivity contribution in [1.82, 2.24) is 4.98 Å².